The van der Waals surface area contributed by atoms with Crippen molar-refractivity contribution in [2.45, 2.75) is 38.3 Å². The van der Waals surface area contributed by atoms with Crippen LogP contribution in [-0.4, -0.2) is 26.0 Å². The van der Waals surface area contributed by atoms with E-state index in [1.54, 1.807) is 0 Å². The van der Waals surface area contributed by atoms with Crippen molar-refractivity contribution in [3.05, 3.63) is 68.8 Å². The molecule has 1 aliphatic carbocycles. The van der Waals surface area contributed by atoms with Crippen molar-refractivity contribution in [3.8, 4) is 0 Å². The maximum atomic E-state index is 13.4. The van der Waals surface area contributed by atoms with E-state index in [-0.39, 0.29) is 5.56 Å². The lowest BCUT2D eigenvalue weighted by atomic mass is 10.1. The Labute approximate surface area is 148 Å². The number of aromatic nitrogens is 3. The standard InChI is InChI=1S/C19H18F2N4O/c20-13-5-11(6-14(21)7-13)9-24-4-3-16-15(10-24)19(26)25-18(22-16)8-17(23-25)12-1-2-12/h5-8,12,23H,1-4,9-10H2. The van der Waals surface area contributed by atoms with Crippen LogP contribution in [0, 0.1) is 11.6 Å². The quantitative estimate of drug-likeness (QED) is 0.785. The molecule has 0 amide bonds. The number of halogens is 2. The lowest BCUT2D eigenvalue weighted by Crippen LogP contribution is -2.36. The Kier molecular flexibility index (Phi) is 3.46. The van der Waals surface area contributed by atoms with Crippen LogP contribution in [0.4, 0.5) is 8.78 Å². The lowest BCUT2D eigenvalue weighted by Gasteiger charge is -2.27. The summed E-state index contributed by atoms with van der Waals surface area (Å²) in [6.45, 7) is 1.53. The molecule has 5 rings (SSSR count). The Morgan fingerprint density at radius 3 is 2.65 bits per heavy atom. The van der Waals surface area contributed by atoms with Gasteiger partial charge in [0.1, 0.15) is 11.6 Å². The van der Waals surface area contributed by atoms with Crippen molar-refractivity contribution in [3.63, 3.8) is 0 Å². The zero-order valence-electron chi connectivity index (χ0n) is 14.1. The third-order valence-corrected chi connectivity index (χ3v) is 5.21. The zero-order valence-corrected chi connectivity index (χ0v) is 14.1. The van der Waals surface area contributed by atoms with E-state index in [2.05, 4.69) is 10.1 Å². The minimum absolute atomic E-state index is 0.0768. The first-order valence-corrected chi connectivity index (χ1v) is 8.87. The summed E-state index contributed by atoms with van der Waals surface area (Å²) in [5.41, 5.74) is 3.73. The maximum Gasteiger partial charge on any atom is 0.277 e. The SMILES string of the molecule is O=c1c2c(nc3cc(C4CC4)[nH]n13)CCN(Cc1cc(F)cc(F)c1)C2. The number of nitrogens with one attached hydrogen (secondary N) is 1. The molecule has 1 saturated carbocycles. The van der Waals surface area contributed by atoms with Crippen molar-refractivity contribution >= 4 is 5.65 Å². The highest BCUT2D eigenvalue weighted by atomic mass is 19.1. The smallest absolute Gasteiger partial charge is 0.277 e. The molecule has 3 heterocycles. The summed E-state index contributed by atoms with van der Waals surface area (Å²) in [7, 11) is 0. The first kappa shape index (κ1) is 15.7. The van der Waals surface area contributed by atoms with Crippen LogP contribution in [0.2, 0.25) is 0 Å². The van der Waals surface area contributed by atoms with Gasteiger partial charge in [-0.05, 0) is 30.5 Å². The van der Waals surface area contributed by atoms with Gasteiger partial charge in [0.25, 0.3) is 5.56 Å². The van der Waals surface area contributed by atoms with Gasteiger partial charge in [0.15, 0.2) is 5.65 Å². The van der Waals surface area contributed by atoms with Gasteiger partial charge < -0.3 is 0 Å². The summed E-state index contributed by atoms with van der Waals surface area (Å²) in [5, 5.41) is 3.18. The third-order valence-electron chi connectivity index (χ3n) is 5.21. The van der Waals surface area contributed by atoms with Gasteiger partial charge in [0, 0.05) is 49.8 Å². The minimum atomic E-state index is -0.583. The molecule has 0 spiro atoms. The average Bonchev–Trinajstić information content (AvgIpc) is 3.35. The summed E-state index contributed by atoms with van der Waals surface area (Å²) in [6, 6.07) is 5.51. The van der Waals surface area contributed by atoms with Gasteiger partial charge in [0.05, 0.1) is 11.3 Å². The first-order valence-electron chi connectivity index (χ1n) is 8.87. The van der Waals surface area contributed by atoms with Crippen LogP contribution >= 0.6 is 0 Å². The number of rotatable bonds is 3. The number of fused-ring (bicyclic) bond motifs is 2. The number of nitrogens with zero attached hydrogens (tertiary/aromatic N) is 3. The molecule has 0 atom stereocenters. The summed E-state index contributed by atoms with van der Waals surface area (Å²) in [6.07, 6.45) is 2.96. The van der Waals surface area contributed by atoms with Crippen LogP contribution in [0.1, 0.15) is 41.3 Å². The second kappa shape index (κ2) is 5.74. The summed E-state index contributed by atoms with van der Waals surface area (Å²) < 4.78 is 28.3. The molecule has 5 nitrogen and oxygen atoms in total. The molecule has 0 saturated heterocycles. The molecule has 1 N–H and O–H groups in total. The van der Waals surface area contributed by atoms with E-state index in [1.807, 2.05) is 11.0 Å². The van der Waals surface area contributed by atoms with Crippen molar-refractivity contribution < 1.29 is 8.78 Å². The summed E-state index contributed by atoms with van der Waals surface area (Å²) in [4.78, 5) is 19.6. The fraction of sp³-hybridized carbons (Fsp3) is 0.368. The van der Waals surface area contributed by atoms with E-state index in [4.69, 9.17) is 0 Å². The van der Waals surface area contributed by atoms with E-state index < -0.39 is 11.6 Å². The Balaban J connectivity index is 1.46. The van der Waals surface area contributed by atoms with Crippen LogP contribution in [0.15, 0.2) is 29.1 Å². The monoisotopic (exact) mass is 356 g/mol. The summed E-state index contributed by atoms with van der Waals surface area (Å²) in [5.74, 6) is -0.646. The molecule has 0 radical (unpaired) electrons. The van der Waals surface area contributed by atoms with Crippen molar-refractivity contribution in [2.75, 3.05) is 6.54 Å². The van der Waals surface area contributed by atoms with Gasteiger partial charge in [-0.2, -0.15) is 0 Å². The molecule has 134 valence electrons. The number of hydrogen-bond acceptors (Lipinski definition) is 3. The number of H-pyrrole nitrogens is 1. The molecule has 2 aliphatic rings. The van der Waals surface area contributed by atoms with Crippen molar-refractivity contribution in [1.82, 2.24) is 19.5 Å². The van der Waals surface area contributed by atoms with Gasteiger partial charge in [0.2, 0.25) is 0 Å². The molecule has 1 aromatic carbocycles. The van der Waals surface area contributed by atoms with E-state index in [1.165, 1.54) is 16.6 Å². The lowest BCUT2D eigenvalue weighted by molar-refractivity contribution is 0.241. The molecule has 2 aromatic heterocycles. The highest BCUT2D eigenvalue weighted by Gasteiger charge is 2.27. The second-order valence-corrected chi connectivity index (χ2v) is 7.26. The topological polar surface area (TPSA) is 53.4 Å². The predicted molar refractivity (Wildman–Crippen MR) is 92.0 cm³/mol. The van der Waals surface area contributed by atoms with Gasteiger partial charge in [-0.25, -0.2) is 18.3 Å². The van der Waals surface area contributed by atoms with E-state index in [0.717, 1.165) is 30.3 Å². The van der Waals surface area contributed by atoms with E-state index in [0.29, 0.717) is 48.7 Å². The molecule has 26 heavy (non-hydrogen) atoms. The Morgan fingerprint density at radius 2 is 1.92 bits per heavy atom. The first-order chi connectivity index (χ1) is 12.6. The minimum Gasteiger partial charge on any atom is -0.294 e. The number of hydrogen-bond donors (Lipinski definition) is 1. The van der Waals surface area contributed by atoms with Crippen LogP contribution in [0.5, 0.6) is 0 Å². The van der Waals surface area contributed by atoms with Gasteiger partial charge in [-0.1, -0.05) is 0 Å². The molecular weight excluding hydrogens is 338 g/mol. The largest absolute Gasteiger partial charge is 0.294 e. The normalized spacial score (nSPS) is 17.6. The van der Waals surface area contributed by atoms with Crippen LogP contribution in [0.25, 0.3) is 5.65 Å². The fourth-order valence-electron chi connectivity index (χ4n) is 3.75. The second-order valence-electron chi connectivity index (χ2n) is 7.26. The van der Waals surface area contributed by atoms with Crippen molar-refractivity contribution in [1.29, 1.82) is 0 Å². The highest BCUT2D eigenvalue weighted by molar-refractivity contribution is 5.43. The summed E-state index contributed by atoms with van der Waals surface area (Å²) >= 11 is 0. The molecule has 0 unspecified atom stereocenters. The molecule has 7 heteroatoms. The van der Waals surface area contributed by atoms with Crippen molar-refractivity contribution in [2.24, 2.45) is 0 Å². The molecular formula is C19H18F2N4O. The molecule has 3 aromatic rings. The van der Waals surface area contributed by atoms with Crippen LogP contribution in [0.3, 0.4) is 0 Å². The van der Waals surface area contributed by atoms with Crippen LogP contribution < -0.4 is 5.56 Å². The van der Waals surface area contributed by atoms with Gasteiger partial charge in [-0.3, -0.25) is 14.8 Å². The number of aromatic amines is 1. The van der Waals surface area contributed by atoms with E-state index in [9.17, 15) is 13.6 Å². The average molecular weight is 356 g/mol. The van der Waals surface area contributed by atoms with Gasteiger partial charge >= 0.3 is 0 Å². The fourth-order valence-corrected chi connectivity index (χ4v) is 3.75. The molecule has 1 fully saturated rings. The maximum absolute atomic E-state index is 13.4. The molecule has 0 bridgehead atoms. The highest BCUT2D eigenvalue weighted by Crippen LogP contribution is 2.39. The molecule has 1 aliphatic heterocycles. The van der Waals surface area contributed by atoms with Crippen LogP contribution in [-0.2, 0) is 19.5 Å². The Hall–Kier alpha value is -2.54. The predicted octanol–water partition coefficient (Wildman–Crippen LogP) is 2.74. The van der Waals surface area contributed by atoms with E-state index >= 15 is 0 Å². The zero-order chi connectivity index (χ0) is 17.8. The third kappa shape index (κ3) is 2.72. The Bertz CT molecular complexity index is 1050. The van der Waals surface area contributed by atoms with Gasteiger partial charge in [-0.15, -0.1) is 0 Å². The Morgan fingerprint density at radius 1 is 1.15 bits per heavy atom. The number of benzene rings is 1.